The third-order valence-electron chi connectivity index (χ3n) is 11.4. The summed E-state index contributed by atoms with van der Waals surface area (Å²) in [4.78, 5) is 15.5. The Morgan fingerprint density at radius 1 is 0.804 bits per heavy atom. The first kappa shape index (κ1) is 42.5. The molecule has 0 aliphatic heterocycles. The van der Waals surface area contributed by atoms with Crippen molar-refractivity contribution >= 4 is 6.03 Å². The van der Waals surface area contributed by atoms with Gasteiger partial charge in [-0.3, -0.25) is 0 Å². The number of carbonyl (C=O) groups excluding carboxylic acids is 1. The van der Waals surface area contributed by atoms with Gasteiger partial charge in [0.1, 0.15) is 0 Å². The van der Waals surface area contributed by atoms with E-state index >= 15 is 0 Å². The molecule has 3 N–H and O–H groups in total. The lowest BCUT2D eigenvalue weighted by molar-refractivity contribution is 0.212. The quantitative estimate of drug-likeness (QED) is 0.107. The first-order valence-electron chi connectivity index (χ1n) is 20.7. The number of amides is 2. The minimum atomic E-state index is -0.445. The molecule has 5 heteroatoms. The number of rotatable bonds is 22. The highest BCUT2D eigenvalue weighted by Gasteiger charge is 2.29. The van der Waals surface area contributed by atoms with Crippen molar-refractivity contribution in [1.82, 2.24) is 20.9 Å². The Labute approximate surface area is 314 Å². The summed E-state index contributed by atoms with van der Waals surface area (Å²) in [7, 11) is 2.17. The molecule has 0 spiro atoms. The first-order valence-corrected chi connectivity index (χ1v) is 20.7. The highest BCUT2D eigenvalue weighted by Crippen LogP contribution is 2.35. The third-order valence-corrected chi connectivity index (χ3v) is 11.4. The number of hydrogen-bond donors (Lipinski definition) is 3. The Kier molecular flexibility index (Phi) is 17.4. The zero-order chi connectivity index (χ0) is 37.4. The molecule has 5 nitrogen and oxygen atoms in total. The second kappa shape index (κ2) is 20.9. The monoisotopic (exact) mass is 701 g/mol. The van der Waals surface area contributed by atoms with Crippen LogP contribution in [0.25, 0.3) is 0 Å². The molecule has 1 fully saturated rings. The van der Waals surface area contributed by atoms with Crippen LogP contribution in [-0.2, 0) is 11.1 Å². The van der Waals surface area contributed by atoms with E-state index in [0.717, 1.165) is 43.6 Å². The lowest BCUT2D eigenvalue weighted by atomic mass is 9.78. The molecular formula is C46H76N4O. The van der Waals surface area contributed by atoms with Gasteiger partial charge in [-0.15, -0.1) is 0 Å². The first-order chi connectivity index (χ1) is 24.2. The fraction of sp³-hybridized carbons (Fsp3) is 0.674. The molecule has 3 rings (SSSR count). The smallest absolute Gasteiger partial charge is 0.315 e. The molecular weight excluding hydrogens is 625 g/mol. The maximum atomic E-state index is 13.2. The van der Waals surface area contributed by atoms with Gasteiger partial charge in [-0.1, -0.05) is 153 Å². The van der Waals surface area contributed by atoms with Crippen molar-refractivity contribution in [3.63, 3.8) is 0 Å². The largest absolute Gasteiger partial charge is 0.363 e. The number of urea groups is 1. The summed E-state index contributed by atoms with van der Waals surface area (Å²) in [5, 5.41) is 10.4. The van der Waals surface area contributed by atoms with Crippen molar-refractivity contribution in [2.75, 3.05) is 13.6 Å². The Balaban J connectivity index is 1.45. The Morgan fingerprint density at radius 3 is 1.96 bits per heavy atom. The molecule has 2 amide bonds. The summed E-state index contributed by atoms with van der Waals surface area (Å²) in [6.45, 7) is 23.2. The topological polar surface area (TPSA) is 56.4 Å². The van der Waals surface area contributed by atoms with E-state index in [1.165, 1.54) is 87.3 Å². The fourth-order valence-electron chi connectivity index (χ4n) is 7.87. The molecule has 0 radical (unpaired) electrons. The molecule has 0 heterocycles. The van der Waals surface area contributed by atoms with Crippen LogP contribution in [0.3, 0.4) is 0 Å². The molecule has 1 saturated carbocycles. The molecule has 1 aliphatic rings. The van der Waals surface area contributed by atoms with Gasteiger partial charge in [0.2, 0.25) is 0 Å². The van der Waals surface area contributed by atoms with E-state index in [1.807, 2.05) is 0 Å². The van der Waals surface area contributed by atoms with Crippen LogP contribution < -0.4 is 16.0 Å². The van der Waals surface area contributed by atoms with Crippen molar-refractivity contribution in [2.24, 2.45) is 5.92 Å². The SMILES string of the molecule is C=C(NC(C)(C)c1cccc(C(C)CC2CCCC(NC(=O)NC(C)(C)c3cccc(C(C)C)c3)C2)c1)N(C)CCCCCCCCCCCC. The standard InChI is InChI=1S/C46H76N4O/c1-11-12-13-14-15-16-17-18-19-20-30-50(10)37(5)48-45(6,7)42-28-23-26-40(34-42)36(4)31-38-24-21-29-43(32-38)47-44(51)49-46(8,9)41-27-22-25-39(33-41)35(2)3/h22-23,25-28,33-36,38,43,48H,5,11-21,24,29-32H2,1-4,6-10H3,(H2,47,49,51). The summed E-state index contributed by atoms with van der Waals surface area (Å²) in [6.07, 6.45) is 19.2. The molecule has 0 saturated heterocycles. The van der Waals surface area contributed by atoms with Crippen molar-refractivity contribution < 1.29 is 4.79 Å². The van der Waals surface area contributed by atoms with Crippen LogP contribution in [0.5, 0.6) is 0 Å². The zero-order valence-corrected chi connectivity index (χ0v) is 34.3. The zero-order valence-electron chi connectivity index (χ0n) is 34.3. The van der Waals surface area contributed by atoms with Gasteiger partial charge in [0.25, 0.3) is 0 Å². The average Bonchev–Trinajstić information content (AvgIpc) is 3.08. The summed E-state index contributed by atoms with van der Waals surface area (Å²) >= 11 is 0. The maximum Gasteiger partial charge on any atom is 0.315 e. The Hall–Kier alpha value is -2.95. The van der Waals surface area contributed by atoms with Gasteiger partial charge in [-0.25, -0.2) is 4.79 Å². The van der Waals surface area contributed by atoms with Gasteiger partial charge in [0.15, 0.2) is 0 Å². The van der Waals surface area contributed by atoms with E-state index in [-0.39, 0.29) is 17.6 Å². The normalized spacial score (nSPS) is 17.2. The molecule has 2 aromatic rings. The molecule has 0 aromatic heterocycles. The van der Waals surface area contributed by atoms with Crippen LogP contribution in [-0.4, -0.2) is 30.6 Å². The van der Waals surface area contributed by atoms with Gasteiger partial charge in [-0.05, 0) is 93.4 Å². The van der Waals surface area contributed by atoms with Crippen LogP contribution in [0.1, 0.15) is 186 Å². The third kappa shape index (κ3) is 14.5. The van der Waals surface area contributed by atoms with Crippen LogP contribution >= 0.6 is 0 Å². The van der Waals surface area contributed by atoms with Crippen LogP contribution in [0, 0.1) is 5.92 Å². The Bertz CT molecular complexity index is 1330. The number of carbonyl (C=O) groups is 1. The number of nitrogens with one attached hydrogen (secondary N) is 3. The van der Waals surface area contributed by atoms with E-state index in [2.05, 4.69) is 138 Å². The van der Waals surface area contributed by atoms with Gasteiger partial charge in [0.05, 0.1) is 16.9 Å². The minimum Gasteiger partial charge on any atom is -0.363 e. The van der Waals surface area contributed by atoms with E-state index < -0.39 is 5.54 Å². The molecule has 2 aromatic carbocycles. The summed E-state index contributed by atoms with van der Waals surface area (Å²) < 4.78 is 0. The molecule has 51 heavy (non-hydrogen) atoms. The molecule has 3 atom stereocenters. The Morgan fingerprint density at radius 2 is 1.35 bits per heavy atom. The van der Waals surface area contributed by atoms with Crippen molar-refractivity contribution in [3.8, 4) is 0 Å². The molecule has 3 unspecified atom stereocenters. The predicted molar refractivity (Wildman–Crippen MR) is 220 cm³/mol. The lowest BCUT2D eigenvalue weighted by Crippen LogP contribution is -2.50. The highest BCUT2D eigenvalue weighted by atomic mass is 16.2. The van der Waals surface area contributed by atoms with Crippen molar-refractivity contribution in [2.45, 2.75) is 181 Å². The fourth-order valence-corrected chi connectivity index (χ4v) is 7.87. The number of nitrogens with zero attached hydrogens (tertiary/aromatic N) is 1. The summed E-state index contributed by atoms with van der Waals surface area (Å²) in [6, 6.07) is 17.9. The van der Waals surface area contributed by atoms with Crippen LogP contribution in [0.2, 0.25) is 0 Å². The molecule has 0 bridgehead atoms. The predicted octanol–water partition coefficient (Wildman–Crippen LogP) is 12.2. The second-order valence-corrected chi connectivity index (χ2v) is 17.3. The van der Waals surface area contributed by atoms with E-state index in [9.17, 15) is 4.79 Å². The van der Waals surface area contributed by atoms with E-state index in [0.29, 0.717) is 17.8 Å². The number of benzene rings is 2. The number of unbranched alkanes of at least 4 members (excludes halogenated alkanes) is 9. The summed E-state index contributed by atoms with van der Waals surface area (Å²) in [5.74, 6) is 2.50. The van der Waals surface area contributed by atoms with Gasteiger partial charge >= 0.3 is 6.03 Å². The summed E-state index contributed by atoms with van der Waals surface area (Å²) in [5.41, 5.74) is 4.45. The van der Waals surface area contributed by atoms with Crippen LogP contribution in [0.15, 0.2) is 60.9 Å². The van der Waals surface area contributed by atoms with Crippen molar-refractivity contribution in [3.05, 3.63) is 83.2 Å². The van der Waals surface area contributed by atoms with Gasteiger partial charge < -0.3 is 20.9 Å². The van der Waals surface area contributed by atoms with Gasteiger partial charge in [0, 0.05) is 19.6 Å². The maximum absolute atomic E-state index is 13.2. The lowest BCUT2D eigenvalue weighted by Gasteiger charge is -2.34. The second-order valence-electron chi connectivity index (χ2n) is 17.3. The highest BCUT2D eigenvalue weighted by molar-refractivity contribution is 5.75. The van der Waals surface area contributed by atoms with E-state index in [1.54, 1.807) is 0 Å². The average molecular weight is 701 g/mol. The van der Waals surface area contributed by atoms with Gasteiger partial charge in [-0.2, -0.15) is 0 Å². The molecule has 286 valence electrons. The number of hydrogen-bond acceptors (Lipinski definition) is 3. The molecule has 1 aliphatic carbocycles. The van der Waals surface area contributed by atoms with Crippen LogP contribution in [0.4, 0.5) is 4.79 Å². The van der Waals surface area contributed by atoms with E-state index in [4.69, 9.17) is 0 Å². The van der Waals surface area contributed by atoms with Crippen molar-refractivity contribution in [1.29, 1.82) is 0 Å². The minimum absolute atomic E-state index is 0.0631.